The summed E-state index contributed by atoms with van der Waals surface area (Å²) < 4.78 is 12.9. The van der Waals surface area contributed by atoms with Crippen LogP contribution in [-0.4, -0.2) is 36.3 Å². The number of nitrogens with zero attached hydrogens (tertiary/aromatic N) is 2. The number of benzene rings is 2. The van der Waals surface area contributed by atoms with Crippen molar-refractivity contribution in [2.75, 3.05) is 24.8 Å². The first-order chi connectivity index (χ1) is 14.7. The maximum atomic E-state index is 12.6. The Kier molecular flexibility index (Phi) is 4.78. The Morgan fingerprint density at radius 1 is 1.10 bits per heavy atom. The molecule has 3 aromatic rings. The summed E-state index contributed by atoms with van der Waals surface area (Å²) in [5.74, 6) is 0.855. The van der Waals surface area contributed by atoms with Crippen LogP contribution < -0.4 is 19.7 Å². The zero-order chi connectivity index (χ0) is 20.5. The van der Waals surface area contributed by atoms with Gasteiger partial charge in [-0.1, -0.05) is 18.2 Å². The molecular weight excluding hydrogens is 382 g/mol. The topological polar surface area (TPSA) is 72.8 Å². The van der Waals surface area contributed by atoms with Gasteiger partial charge < -0.3 is 24.3 Å². The molecule has 5 rings (SSSR count). The lowest BCUT2D eigenvalue weighted by Gasteiger charge is -2.17. The molecule has 1 saturated heterocycles. The molecule has 0 radical (unpaired) electrons. The van der Waals surface area contributed by atoms with Crippen molar-refractivity contribution in [2.45, 2.75) is 19.4 Å². The summed E-state index contributed by atoms with van der Waals surface area (Å²) in [5, 5.41) is 4.21. The smallest absolute Gasteiger partial charge is 0.231 e. The minimum absolute atomic E-state index is 0.0483. The molecule has 0 spiro atoms. The van der Waals surface area contributed by atoms with Gasteiger partial charge in [0.25, 0.3) is 0 Å². The monoisotopic (exact) mass is 405 g/mol. The van der Waals surface area contributed by atoms with Crippen molar-refractivity contribution < 1.29 is 19.1 Å². The van der Waals surface area contributed by atoms with Gasteiger partial charge in [0.05, 0.1) is 5.92 Å². The molecular formula is C23H23N3O4. The number of amides is 2. The normalized spacial score (nSPS) is 17.7. The van der Waals surface area contributed by atoms with Crippen LogP contribution in [0.5, 0.6) is 11.5 Å². The summed E-state index contributed by atoms with van der Waals surface area (Å²) in [4.78, 5) is 26.7. The third-order valence-corrected chi connectivity index (χ3v) is 5.72. The number of aromatic nitrogens is 1. The molecule has 7 heteroatoms. The van der Waals surface area contributed by atoms with Gasteiger partial charge in [-0.15, -0.1) is 0 Å². The molecule has 154 valence electrons. The number of fused-ring (bicyclic) bond motifs is 2. The van der Waals surface area contributed by atoms with Gasteiger partial charge in [-0.3, -0.25) is 9.59 Å². The van der Waals surface area contributed by atoms with Crippen LogP contribution in [0, 0.1) is 5.92 Å². The van der Waals surface area contributed by atoms with Gasteiger partial charge in [-0.05, 0) is 36.1 Å². The molecule has 0 aliphatic carbocycles. The Morgan fingerprint density at radius 3 is 2.90 bits per heavy atom. The van der Waals surface area contributed by atoms with Crippen LogP contribution in [0.1, 0.15) is 12.8 Å². The van der Waals surface area contributed by atoms with E-state index in [1.807, 2.05) is 18.2 Å². The zero-order valence-electron chi connectivity index (χ0n) is 16.5. The summed E-state index contributed by atoms with van der Waals surface area (Å²) in [7, 11) is 0. The number of hydrogen-bond donors (Lipinski definition) is 1. The van der Waals surface area contributed by atoms with Crippen molar-refractivity contribution in [1.82, 2.24) is 9.88 Å². The molecule has 0 unspecified atom stereocenters. The van der Waals surface area contributed by atoms with Crippen LogP contribution in [0.3, 0.4) is 0 Å². The Hall–Kier alpha value is -3.48. The predicted octanol–water partition coefficient (Wildman–Crippen LogP) is 2.93. The predicted molar refractivity (Wildman–Crippen MR) is 113 cm³/mol. The molecule has 2 amide bonds. The van der Waals surface area contributed by atoms with Crippen LogP contribution in [0.15, 0.2) is 54.7 Å². The Morgan fingerprint density at radius 2 is 1.97 bits per heavy atom. The van der Waals surface area contributed by atoms with E-state index in [0.717, 1.165) is 18.7 Å². The summed E-state index contributed by atoms with van der Waals surface area (Å²) >= 11 is 0. The number of carbonyl (C=O) groups is 2. The van der Waals surface area contributed by atoms with Gasteiger partial charge in [-0.2, -0.15) is 0 Å². The molecule has 1 fully saturated rings. The quantitative estimate of drug-likeness (QED) is 0.640. The molecule has 30 heavy (non-hydrogen) atoms. The minimum atomic E-state index is -0.338. The average Bonchev–Trinajstić information content (AvgIpc) is 3.48. The lowest BCUT2D eigenvalue weighted by molar-refractivity contribution is -0.126. The number of anilines is 1. The van der Waals surface area contributed by atoms with Gasteiger partial charge in [0.2, 0.25) is 18.6 Å². The van der Waals surface area contributed by atoms with Gasteiger partial charge in [0, 0.05) is 49.5 Å². The fourth-order valence-electron chi connectivity index (χ4n) is 4.13. The number of carbonyl (C=O) groups excluding carboxylic acids is 2. The molecule has 0 saturated carbocycles. The van der Waals surface area contributed by atoms with E-state index in [0.29, 0.717) is 24.6 Å². The summed E-state index contributed by atoms with van der Waals surface area (Å²) in [5.41, 5.74) is 1.93. The van der Waals surface area contributed by atoms with Crippen LogP contribution in [-0.2, 0) is 16.1 Å². The molecule has 2 aliphatic rings. The van der Waals surface area contributed by atoms with E-state index in [1.165, 1.54) is 10.9 Å². The highest BCUT2D eigenvalue weighted by Crippen LogP contribution is 2.37. The van der Waals surface area contributed by atoms with Crippen LogP contribution in [0.4, 0.5) is 5.69 Å². The SMILES string of the molecule is O=C(NCCCn1ccc2ccccc21)[C@@H]1CC(=O)N(c2ccc3c(c2)OCO3)C1. The number of rotatable bonds is 6. The third kappa shape index (κ3) is 3.47. The first-order valence-electron chi connectivity index (χ1n) is 10.2. The second-order valence-corrected chi connectivity index (χ2v) is 7.66. The van der Waals surface area contributed by atoms with E-state index in [1.54, 1.807) is 17.0 Å². The van der Waals surface area contributed by atoms with Gasteiger partial charge in [-0.25, -0.2) is 0 Å². The van der Waals surface area contributed by atoms with Crippen molar-refractivity contribution in [1.29, 1.82) is 0 Å². The highest BCUT2D eigenvalue weighted by Gasteiger charge is 2.35. The maximum absolute atomic E-state index is 12.6. The molecule has 2 aliphatic heterocycles. The van der Waals surface area contributed by atoms with E-state index in [-0.39, 0.29) is 30.9 Å². The van der Waals surface area contributed by atoms with E-state index < -0.39 is 0 Å². The first-order valence-corrected chi connectivity index (χ1v) is 10.2. The summed E-state index contributed by atoms with van der Waals surface area (Å²) in [6.07, 6.45) is 3.13. The number of nitrogens with one attached hydrogen (secondary N) is 1. The fourth-order valence-corrected chi connectivity index (χ4v) is 4.13. The minimum Gasteiger partial charge on any atom is -0.454 e. The van der Waals surface area contributed by atoms with E-state index in [9.17, 15) is 9.59 Å². The molecule has 0 bridgehead atoms. The van der Waals surface area contributed by atoms with Crippen LogP contribution >= 0.6 is 0 Å². The number of hydrogen-bond acceptors (Lipinski definition) is 4. The van der Waals surface area contributed by atoms with Crippen LogP contribution in [0.25, 0.3) is 10.9 Å². The van der Waals surface area contributed by atoms with Crippen LogP contribution in [0.2, 0.25) is 0 Å². The molecule has 2 aromatic carbocycles. The number of aryl methyl sites for hydroxylation is 1. The highest BCUT2D eigenvalue weighted by atomic mass is 16.7. The molecule has 1 N–H and O–H groups in total. The van der Waals surface area contributed by atoms with Crippen molar-refractivity contribution in [3.63, 3.8) is 0 Å². The highest BCUT2D eigenvalue weighted by molar-refractivity contribution is 6.00. The Bertz CT molecular complexity index is 1110. The standard InChI is InChI=1S/C23H23N3O4/c27-22-12-17(14-26(22)18-6-7-20-21(13-18)30-15-29-20)23(28)24-9-3-10-25-11-8-16-4-1-2-5-19(16)25/h1-2,4-8,11,13,17H,3,9-10,12,14-15H2,(H,24,28)/t17-/m1/s1. The van der Waals surface area contributed by atoms with E-state index in [2.05, 4.69) is 34.3 Å². The molecule has 1 atom stereocenters. The van der Waals surface area contributed by atoms with Crippen molar-refractivity contribution >= 4 is 28.4 Å². The summed E-state index contributed by atoms with van der Waals surface area (Å²) in [6, 6.07) is 15.8. The molecule has 7 nitrogen and oxygen atoms in total. The Labute approximate surface area is 174 Å². The lowest BCUT2D eigenvalue weighted by atomic mass is 10.1. The fraction of sp³-hybridized carbons (Fsp3) is 0.304. The van der Waals surface area contributed by atoms with Gasteiger partial charge >= 0.3 is 0 Å². The molecule has 1 aromatic heterocycles. The van der Waals surface area contributed by atoms with E-state index in [4.69, 9.17) is 9.47 Å². The largest absolute Gasteiger partial charge is 0.454 e. The second kappa shape index (κ2) is 7.74. The first kappa shape index (κ1) is 18.5. The molecule has 3 heterocycles. The van der Waals surface area contributed by atoms with E-state index >= 15 is 0 Å². The van der Waals surface area contributed by atoms with Crippen molar-refractivity contribution in [3.8, 4) is 11.5 Å². The summed E-state index contributed by atoms with van der Waals surface area (Å²) in [6.45, 7) is 1.99. The average molecular weight is 405 g/mol. The van der Waals surface area contributed by atoms with Crippen molar-refractivity contribution in [3.05, 3.63) is 54.7 Å². The Balaban J connectivity index is 1.14. The van der Waals surface area contributed by atoms with Gasteiger partial charge in [0.1, 0.15) is 0 Å². The van der Waals surface area contributed by atoms with Gasteiger partial charge in [0.15, 0.2) is 11.5 Å². The lowest BCUT2D eigenvalue weighted by Crippen LogP contribution is -2.33. The second-order valence-electron chi connectivity index (χ2n) is 7.66. The number of para-hydroxylation sites is 1. The third-order valence-electron chi connectivity index (χ3n) is 5.72. The zero-order valence-corrected chi connectivity index (χ0v) is 16.5. The number of ether oxygens (including phenoxy) is 2. The van der Waals surface area contributed by atoms with Crippen molar-refractivity contribution in [2.24, 2.45) is 5.92 Å². The maximum Gasteiger partial charge on any atom is 0.231 e.